The van der Waals surface area contributed by atoms with Gasteiger partial charge < -0.3 is 4.57 Å². The first-order chi connectivity index (χ1) is 8.70. The van der Waals surface area contributed by atoms with Crippen molar-refractivity contribution in [1.82, 2.24) is 9.13 Å². The van der Waals surface area contributed by atoms with Crippen LogP contribution in [0.5, 0.6) is 0 Å². The number of aryl methyl sites for hydroxylation is 2. The average Bonchev–Trinajstić information content (AvgIpc) is 2.64. The van der Waals surface area contributed by atoms with Crippen LogP contribution in [0.15, 0.2) is 48.5 Å². The molecule has 0 atom stereocenters. The van der Waals surface area contributed by atoms with Gasteiger partial charge in [-0.05, 0) is 30.7 Å². The smallest absolute Gasteiger partial charge is 0.207 e. The molecule has 1 heterocycles. The summed E-state index contributed by atoms with van der Waals surface area (Å²) in [6.45, 7) is 2.07. The van der Waals surface area contributed by atoms with Gasteiger partial charge in [-0.15, -0.1) is 0 Å². The van der Waals surface area contributed by atoms with Gasteiger partial charge in [0.15, 0.2) is 0 Å². The van der Waals surface area contributed by atoms with Crippen LogP contribution in [-0.4, -0.2) is 9.13 Å². The first-order valence-electron chi connectivity index (χ1n) is 5.97. The third kappa shape index (κ3) is 1.40. The SMILES string of the molecule is Cc1ccccc1-n1c(=N)n(C)c2ccccc21. The first-order valence-corrected chi connectivity index (χ1v) is 5.97. The summed E-state index contributed by atoms with van der Waals surface area (Å²) in [6.07, 6.45) is 0. The van der Waals surface area contributed by atoms with Gasteiger partial charge in [0.05, 0.1) is 16.7 Å². The zero-order chi connectivity index (χ0) is 12.7. The summed E-state index contributed by atoms with van der Waals surface area (Å²) in [7, 11) is 1.93. The summed E-state index contributed by atoms with van der Waals surface area (Å²) < 4.78 is 3.90. The van der Waals surface area contributed by atoms with Crippen LogP contribution in [0, 0.1) is 12.3 Å². The molecule has 0 saturated heterocycles. The molecular weight excluding hydrogens is 222 g/mol. The minimum Gasteiger partial charge on any atom is -0.313 e. The van der Waals surface area contributed by atoms with E-state index in [9.17, 15) is 0 Å². The highest BCUT2D eigenvalue weighted by Crippen LogP contribution is 2.18. The molecule has 0 aliphatic heterocycles. The fraction of sp³-hybridized carbons (Fsp3) is 0.133. The number of nitrogens with zero attached hydrogens (tertiary/aromatic N) is 2. The fourth-order valence-electron chi connectivity index (χ4n) is 2.37. The maximum atomic E-state index is 8.28. The van der Waals surface area contributed by atoms with Gasteiger partial charge in [0.25, 0.3) is 0 Å². The Balaban J connectivity index is 2.47. The molecule has 1 aromatic heterocycles. The highest BCUT2D eigenvalue weighted by atomic mass is 15.2. The fourth-order valence-corrected chi connectivity index (χ4v) is 2.37. The van der Waals surface area contributed by atoms with Crippen molar-refractivity contribution in [3.63, 3.8) is 0 Å². The highest BCUT2D eigenvalue weighted by Gasteiger charge is 2.10. The molecule has 0 amide bonds. The zero-order valence-electron chi connectivity index (χ0n) is 10.5. The van der Waals surface area contributed by atoms with E-state index in [0.717, 1.165) is 16.7 Å². The average molecular weight is 237 g/mol. The van der Waals surface area contributed by atoms with E-state index in [0.29, 0.717) is 5.62 Å². The lowest BCUT2D eigenvalue weighted by molar-refractivity contribution is 0.786. The Morgan fingerprint density at radius 1 is 0.889 bits per heavy atom. The zero-order valence-corrected chi connectivity index (χ0v) is 10.5. The van der Waals surface area contributed by atoms with Gasteiger partial charge in [0, 0.05) is 7.05 Å². The van der Waals surface area contributed by atoms with Crippen molar-refractivity contribution >= 4 is 11.0 Å². The Labute approximate surface area is 105 Å². The summed E-state index contributed by atoms with van der Waals surface area (Å²) in [6, 6.07) is 16.3. The monoisotopic (exact) mass is 237 g/mol. The van der Waals surface area contributed by atoms with Crippen LogP contribution in [0.1, 0.15) is 5.56 Å². The molecule has 1 N–H and O–H groups in total. The molecule has 3 rings (SSSR count). The molecule has 0 unspecified atom stereocenters. The second-order valence-corrected chi connectivity index (χ2v) is 4.49. The van der Waals surface area contributed by atoms with E-state index in [4.69, 9.17) is 5.41 Å². The number of hydrogen-bond acceptors (Lipinski definition) is 1. The minimum absolute atomic E-state index is 0.491. The van der Waals surface area contributed by atoms with Crippen LogP contribution in [0.25, 0.3) is 16.7 Å². The molecule has 90 valence electrons. The van der Waals surface area contributed by atoms with Crippen molar-refractivity contribution in [2.24, 2.45) is 7.05 Å². The van der Waals surface area contributed by atoms with Crippen LogP contribution >= 0.6 is 0 Å². The molecule has 2 aromatic carbocycles. The van der Waals surface area contributed by atoms with E-state index < -0.39 is 0 Å². The second kappa shape index (κ2) is 3.88. The largest absolute Gasteiger partial charge is 0.313 e. The molecule has 0 aliphatic rings. The number of imidazole rings is 1. The van der Waals surface area contributed by atoms with Gasteiger partial charge in [-0.3, -0.25) is 9.98 Å². The predicted molar refractivity (Wildman–Crippen MR) is 72.8 cm³/mol. The van der Waals surface area contributed by atoms with Crippen LogP contribution in [0.3, 0.4) is 0 Å². The van der Waals surface area contributed by atoms with E-state index in [2.05, 4.69) is 25.1 Å². The van der Waals surface area contributed by atoms with Gasteiger partial charge in [0.1, 0.15) is 0 Å². The number of para-hydroxylation sites is 3. The van der Waals surface area contributed by atoms with Gasteiger partial charge in [0.2, 0.25) is 5.62 Å². The molecule has 0 saturated carbocycles. The minimum atomic E-state index is 0.491. The Hall–Kier alpha value is -2.29. The van der Waals surface area contributed by atoms with E-state index in [1.54, 1.807) is 0 Å². The molecule has 3 aromatic rings. The molecule has 0 radical (unpaired) electrons. The third-order valence-electron chi connectivity index (χ3n) is 3.37. The second-order valence-electron chi connectivity index (χ2n) is 4.49. The number of benzene rings is 2. The van der Waals surface area contributed by atoms with Gasteiger partial charge in [-0.25, -0.2) is 0 Å². The van der Waals surface area contributed by atoms with Crippen molar-refractivity contribution in [3.8, 4) is 5.69 Å². The lowest BCUT2D eigenvalue weighted by atomic mass is 10.2. The van der Waals surface area contributed by atoms with Crippen molar-refractivity contribution in [3.05, 3.63) is 59.7 Å². The van der Waals surface area contributed by atoms with Crippen LogP contribution in [-0.2, 0) is 7.05 Å². The Morgan fingerprint density at radius 3 is 2.22 bits per heavy atom. The number of fused-ring (bicyclic) bond motifs is 1. The molecular formula is C15H15N3. The summed E-state index contributed by atoms with van der Waals surface area (Å²) >= 11 is 0. The van der Waals surface area contributed by atoms with Crippen molar-refractivity contribution in [1.29, 1.82) is 5.41 Å². The third-order valence-corrected chi connectivity index (χ3v) is 3.37. The molecule has 3 nitrogen and oxygen atoms in total. The molecule has 0 aliphatic carbocycles. The Morgan fingerprint density at radius 2 is 1.50 bits per heavy atom. The lowest BCUT2D eigenvalue weighted by Crippen LogP contribution is -2.21. The Kier molecular flexibility index (Phi) is 2.33. The number of rotatable bonds is 1. The lowest BCUT2D eigenvalue weighted by Gasteiger charge is -2.07. The summed E-state index contributed by atoms with van der Waals surface area (Å²) in [5.41, 5.74) is 4.88. The van der Waals surface area contributed by atoms with E-state index >= 15 is 0 Å². The maximum Gasteiger partial charge on any atom is 0.207 e. The molecule has 0 fully saturated rings. The van der Waals surface area contributed by atoms with Gasteiger partial charge >= 0.3 is 0 Å². The number of nitrogens with one attached hydrogen (secondary N) is 1. The summed E-state index contributed by atoms with van der Waals surface area (Å²) in [5.74, 6) is 0. The summed E-state index contributed by atoms with van der Waals surface area (Å²) in [5, 5.41) is 8.28. The van der Waals surface area contributed by atoms with Crippen molar-refractivity contribution in [2.75, 3.05) is 0 Å². The predicted octanol–water partition coefficient (Wildman–Crippen LogP) is 2.76. The van der Waals surface area contributed by atoms with Crippen LogP contribution in [0.2, 0.25) is 0 Å². The standard InChI is InChI=1S/C15H15N3/c1-11-7-3-4-8-12(11)18-14-10-6-5-9-13(14)17(2)15(18)16/h3-10,16H,1-2H3. The number of aromatic nitrogens is 2. The van der Waals surface area contributed by atoms with Gasteiger partial charge in [-0.2, -0.15) is 0 Å². The van der Waals surface area contributed by atoms with Crippen molar-refractivity contribution < 1.29 is 0 Å². The van der Waals surface area contributed by atoms with E-state index in [1.807, 2.05) is 46.5 Å². The molecule has 0 spiro atoms. The van der Waals surface area contributed by atoms with Crippen LogP contribution < -0.4 is 5.62 Å². The first kappa shape index (κ1) is 10.8. The Bertz CT molecular complexity index is 778. The van der Waals surface area contributed by atoms with E-state index in [-0.39, 0.29) is 0 Å². The molecule has 18 heavy (non-hydrogen) atoms. The van der Waals surface area contributed by atoms with Crippen molar-refractivity contribution in [2.45, 2.75) is 6.92 Å². The maximum absolute atomic E-state index is 8.28. The quantitative estimate of drug-likeness (QED) is 0.675. The van der Waals surface area contributed by atoms with E-state index in [1.165, 1.54) is 5.56 Å². The van der Waals surface area contributed by atoms with Gasteiger partial charge in [-0.1, -0.05) is 30.3 Å². The molecule has 0 bridgehead atoms. The molecule has 3 heteroatoms. The topological polar surface area (TPSA) is 33.7 Å². The summed E-state index contributed by atoms with van der Waals surface area (Å²) in [4.78, 5) is 0. The number of hydrogen-bond donors (Lipinski definition) is 1. The van der Waals surface area contributed by atoms with Crippen LogP contribution in [0.4, 0.5) is 0 Å². The normalized spacial score (nSPS) is 11.0. The highest BCUT2D eigenvalue weighted by molar-refractivity contribution is 5.78.